The molecule has 1 aliphatic rings. The smallest absolute Gasteiger partial charge is 0.411 e. The van der Waals surface area contributed by atoms with Gasteiger partial charge in [-0.05, 0) is 37.0 Å². The third-order valence-corrected chi connectivity index (χ3v) is 3.23. The first-order chi connectivity index (χ1) is 10.1. The highest BCUT2D eigenvalue weighted by Crippen LogP contribution is 2.22. The molecule has 0 radical (unpaired) electrons. The van der Waals surface area contributed by atoms with E-state index < -0.39 is 11.9 Å². The van der Waals surface area contributed by atoms with Crippen molar-refractivity contribution in [3.05, 3.63) is 36.2 Å². The molecule has 0 spiro atoms. The Morgan fingerprint density at radius 3 is 2.81 bits per heavy atom. The fraction of sp³-hybridized carbons (Fsp3) is 0.333. The quantitative estimate of drug-likeness (QED) is 0.837. The number of amides is 2. The topological polar surface area (TPSA) is 67.4 Å². The second-order valence-corrected chi connectivity index (χ2v) is 4.83. The highest BCUT2D eigenvalue weighted by Gasteiger charge is 2.15. The molecule has 5 nitrogen and oxygen atoms in total. The number of benzene rings is 1. The zero-order valence-corrected chi connectivity index (χ0v) is 11.7. The lowest BCUT2D eigenvalue weighted by atomic mass is 10.1. The van der Waals surface area contributed by atoms with Crippen LogP contribution in [0.4, 0.5) is 20.6 Å². The molecule has 1 aliphatic carbocycles. The minimum Gasteiger partial charge on any atom is -0.453 e. The largest absolute Gasteiger partial charge is 0.453 e. The normalized spacial score (nSPS) is 16.6. The predicted octanol–water partition coefficient (Wildman–Crippen LogP) is 3.30. The summed E-state index contributed by atoms with van der Waals surface area (Å²) in [6, 6.07) is 4.06. The monoisotopic (exact) mass is 292 g/mol. The number of nitrogens with one attached hydrogen (secondary N) is 2. The second-order valence-electron chi connectivity index (χ2n) is 4.83. The van der Waals surface area contributed by atoms with E-state index in [9.17, 15) is 14.0 Å². The molecule has 0 aliphatic heterocycles. The van der Waals surface area contributed by atoms with E-state index in [1.165, 1.54) is 19.2 Å². The molecule has 0 unspecified atom stereocenters. The maximum Gasteiger partial charge on any atom is 0.411 e. The summed E-state index contributed by atoms with van der Waals surface area (Å²) >= 11 is 0. The van der Waals surface area contributed by atoms with Crippen LogP contribution in [0.3, 0.4) is 0 Å². The lowest BCUT2D eigenvalue weighted by Crippen LogP contribution is -2.15. The lowest BCUT2D eigenvalue weighted by Gasteiger charge is -2.10. The van der Waals surface area contributed by atoms with Crippen LogP contribution in [-0.4, -0.2) is 19.1 Å². The van der Waals surface area contributed by atoms with Gasteiger partial charge in [0.2, 0.25) is 5.91 Å². The number of methoxy groups -OCH3 is 1. The summed E-state index contributed by atoms with van der Waals surface area (Å²) in [6.07, 6.45) is 5.71. The van der Waals surface area contributed by atoms with Gasteiger partial charge >= 0.3 is 6.09 Å². The molecule has 0 bridgehead atoms. The summed E-state index contributed by atoms with van der Waals surface area (Å²) < 4.78 is 18.2. The summed E-state index contributed by atoms with van der Waals surface area (Å²) in [6.45, 7) is 0. The lowest BCUT2D eigenvalue weighted by molar-refractivity contribution is -0.116. The van der Waals surface area contributed by atoms with Crippen molar-refractivity contribution in [2.75, 3.05) is 17.7 Å². The maximum absolute atomic E-state index is 13.8. The SMILES string of the molecule is COC(=O)Nc1ccc(NC(=O)C[C@H]2C=CCC2)cc1F. The number of allylic oxidation sites excluding steroid dienone is 2. The van der Waals surface area contributed by atoms with Gasteiger partial charge < -0.3 is 10.1 Å². The number of carbonyl (C=O) groups excluding carboxylic acids is 2. The van der Waals surface area contributed by atoms with Gasteiger partial charge in [0.25, 0.3) is 0 Å². The van der Waals surface area contributed by atoms with E-state index in [1.807, 2.05) is 6.08 Å². The van der Waals surface area contributed by atoms with E-state index in [-0.39, 0.29) is 17.5 Å². The molecule has 2 N–H and O–H groups in total. The summed E-state index contributed by atoms with van der Waals surface area (Å²) in [5, 5.41) is 4.89. The van der Waals surface area contributed by atoms with Crippen LogP contribution in [0.2, 0.25) is 0 Å². The average Bonchev–Trinajstić information content (AvgIpc) is 2.94. The molecular formula is C15H17FN2O3. The molecule has 0 aromatic heterocycles. The Balaban J connectivity index is 1.94. The van der Waals surface area contributed by atoms with Crippen molar-refractivity contribution in [3.63, 3.8) is 0 Å². The highest BCUT2D eigenvalue weighted by molar-refractivity contribution is 5.91. The Labute approximate surface area is 122 Å². The Bertz CT molecular complexity index is 572. The van der Waals surface area contributed by atoms with Gasteiger partial charge in [0.1, 0.15) is 5.82 Å². The van der Waals surface area contributed by atoms with Crippen LogP contribution < -0.4 is 10.6 Å². The Hall–Kier alpha value is -2.37. The average molecular weight is 292 g/mol. The van der Waals surface area contributed by atoms with Crippen molar-refractivity contribution in [2.24, 2.45) is 5.92 Å². The van der Waals surface area contributed by atoms with Gasteiger partial charge in [-0.15, -0.1) is 0 Å². The van der Waals surface area contributed by atoms with Crippen molar-refractivity contribution in [1.29, 1.82) is 0 Å². The predicted molar refractivity (Wildman–Crippen MR) is 77.5 cm³/mol. The number of rotatable bonds is 4. The van der Waals surface area contributed by atoms with Crippen LogP contribution in [-0.2, 0) is 9.53 Å². The molecule has 0 heterocycles. The van der Waals surface area contributed by atoms with Gasteiger partial charge in [0, 0.05) is 12.1 Å². The van der Waals surface area contributed by atoms with E-state index in [2.05, 4.69) is 21.4 Å². The second kappa shape index (κ2) is 6.88. The van der Waals surface area contributed by atoms with Crippen LogP contribution in [0.1, 0.15) is 19.3 Å². The van der Waals surface area contributed by atoms with Crippen LogP contribution >= 0.6 is 0 Å². The third kappa shape index (κ3) is 4.30. The Morgan fingerprint density at radius 2 is 2.19 bits per heavy atom. The van der Waals surface area contributed by atoms with Crippen LogP contribution in [0.25, 0.3) is 0 Å². The van der Waals surface area contributed by atoms with Crippen LogP contribution in [0.5, 0.6) is 0 Å². The third-order valence-electron chi connectivity index (χ3n) is 3.23. The van der Waals surface area contributed by atoms with Crippen LogP contribution in [0.15, 0.2) is 30.4 Å². The number of halogens is 1. The molecule has 2 rings (SSSR count). The number of hydrogen-bond acceptors (Lipinski definition) is 3. The van der Waals surface area contributed by atoms with Gasteiger partial charge in [0.15, 0.2) is 0 Å². The standard InChI is InChI=1S/C15H17FN2O3/c1-21-15(20)18-13-7-6-11(9-12(13)16)17-14(19)8-10-4-2-3-5-10/h2,4,6-7,9-10H,3,5,8H2,1H3,(H,17,19)(H,18,20)/t10-/m0/s1. The molecule has 0 fully saturated rings. The molecular weight excluding hydrogens is 275 g/mol. The first kappa shape index (κ1) is 15.0. The zero-order valence-electron chi connectivity index (χ0n) is 11.7. The van der Waals surface area contributed by atoms with Gasteiger partial charge in [-0.1, -0.05) is 12.2 Å². The first-order valence-electron chi connectivity index (χ1n) is 6.69. The maximum atomic E-state index is 13.8. The van der Waals surface area contributed by atoms with Crippen molar-refractivity contribution in [3.8, 4) is 0 Å². The van der Waals surface area contributed by atoms with Gasteiger partial charge in [-0.2, -0.15) is 0 Å². The first-order valence-corrected chi connectivity index (χ1v) is 6.69. The minimum absolute atomic E-state index is 0.00132. The number of ether oxygens (including phenoxy) is 1. The fourth-order valence-electron chi connectivity index (χ4n) is 2.17. The van der Waals surface area contributed by atoms with E-state index in [4.69, 9.17) is 0 Å². The highest BCUT2D eigenvalue weighted by atomic mass is 19.1. The van der Waals surface area contributed by atoms with E-state index in [0.717, 1.165) is 18.9 Å². The van der Waals surface area contributed by atoms with E-state index >= 15 is 0 Å². The zero-order chi connectivity index (χ0) is 15.2. The molecule has 6 heteroatoms. The van der Waals surface area contributed by atoms with Crippen molar-refractivity contribution in [1.82, 2.24) is 0 Å². The Morgan fingerprint density at radius 1 is 1.38 bits per heavy atom. The molecule has 0 saturated carbocycles. The fourth-order valence-corrected chi connectivity index (χ4v) is 2.17. The van der Waals surface area contributed by atoms with E-state index in [1.54, 1.807) is 0 Å². The summed E-state index contributed by atoms with van der Waals surface area (Å²) in [4.78, 5) is 22.8. The van der Waals surface area contributed by atoms with E-state index in [0.29, 0.717) is 12.1 Å². The molecule has 2 amide bonds. The van der Waals surface area contributed by atoms with Crippen molar-refractivity contribution < 1.29 is 18.7 Å². The molecule has 1 aromatic rings. The Kier molecular flexibility index (Phi) is 4.92. The molecule has 1 aromatic carbocycles. The van der Waals surface area contributed by atoms with Gasteiger partial charge in [0.05, 0.1) is 12.8 Å². The van der Waals surface area contributed by atoms with Gasteiger partial charge in [-0.3, -0.25) is 10.1 Å². The number of carbonyl (C=O) groups is 2. The summed E-state index contributed by atoms with van der Waals surface area (Å²) in [5.41, 5.74) is 0.355. The van der Waals surface area contributed by atoms with Gasteiger partial charge in [-0.25, -0.2) is 9.18 Å². The number of anilines is 2. The molecule has 21 heavy (non-hydrogen) atoms. The van der Waals surface area contributed by atoms with Crippen LogP contribution in [0, 0.1) is 11.7 Å². The van der Waals surface area contributed by atoms with Crippen molar-refractivity contribution in [2.45, 2.75) is 19.3 Å². The summed E-state index contributed by atoms with van der Waals surface area (Å²) in [5.74, 6) is -0.534. The molecule has 0 saturated heterocycles. The van der Waals surface area contributed by atoms with Crippen molar-refractivity contribution >= 4 is 23.4 Å². The number of hydrogen-bond donors (Lipinski definition) is 2. The molecule has 112 valence electrons. The molecule has 1 atom stereocenters. The minimum atomic E-state index is -0.751. The summed E-state index contributed by atoms with van der Waals surface area (Å²) in [7, 11) is 1.19.